The number of esters is 2. The maximum Gasteiger partial charge on any atom is 0.378 e. The Labute approximate surface area is 440 Å². The van der Waals surface area contributed by atoms with Crippen molar-refractivity contribution in [3.8, 4) is 17.2 Å². The summed E-state index contributed by atoms with van der Waals surface area (Å²) in [5, 5.41) is 16.7. The Morgan fingerprint density at radius 2 is 1.01 bits per heavy atom. The van der Waals surface area contributed by atoms with Crippen LogP contribution in [0.25, 0.3) is 0 Å². The predicted octanol–water partition coefficient (Wildman–Crippen LogP) is 4.11. The van der Waals surface area contributed by atoms with Crippen molar-refractivity contribution in [3.63, 3.8) is 0 Å². The Balaban J connectivity index is 0. The van der Waals surface area contributed by atoms with Gasteiger partial charge in [0.15, 0.2) is 12.4 Å². The molecule has 0 fully saturated rings. The van der Waals surface area contributed by atoms with Crippen molar-refractivity contribution in [2.24, 2.45) is 0 Å². The third-order valence-electron chi connectivity index (χ3n) is 7.35. The number of aromatic hydroxyl groups is 1. The third kappa shape index (κ3) is 29.9. The van der Waals surface area contributed by atoms with E-state index in [1.807, 2.05) is 0 Å². The van der Waals surface area contributed by atoms with Gasteiger partial charge in [-0.25, -0.2) is 4.79 Å². The molecule has 5 amide bonds. The van der Waals surface area contributed by atoms with Gasteiger partial charge in [0.2, 0.25) is 29.5 Å². The van der Waals surface area contributed by atoms with E-state index >= 15 is 0 Å². The zero-order valence-electron chi connectivity index (χ0n) is 38.0. The molecule has 0 saturated carbocycles. The Hall–Kier alpha value is -6.30. The number of phenols is 1. The number of nitrogens with zero attached hydrogens (tertiary/aromatic N) is 4. The molecular formula is C47H55Br2ClIN7O11. The topological polar surface area (TPSA) is 235 Å². The fraction of sp³-hybridized carbons (Fsp3) is 0.234. The van der Waals surface area contributed by atoms with Crippen LogP contribution >= 0.6 is 43.5 Å². The van der Waals surface area contributed by atoms with E-state index in [0.717, 1.165) is 0 Å². The monoisotopic (exact) mass is 1210 g/mol. The van der Waals surface area contributed by atoms with Crippen molar-refractivity contribution in [2.75, 3.05) is 54.8 Å². The summed E-state index contributed by atoms with van der Waals surface area (Å²) in [6.45, 7) is 4.26. The number of benzene rings is 3. The van der Waals surface area contributed by atoms with Gasteiger partial charge < -0.3 is 64.3 Å². The van der Waals surface area contributed by atoms with E-state index in [1.165, 1.54) is 42.7 Å². The summed E-state index contributed by atoms with van der Waals surface area (Å²) in [6.07, 6.45) is 6.49. The number of aromatic nitrogens is 2. The molecule has 69 heavy (non-hydrogen) atoms. The molecule has 0 radical (unpaired) electrons. The Morgan fingerprint density at radius 3 is 1.38 bits per heavy atom. The Kier molecular flexibility index (Phi) is 33.6. The van der Waals surface area contributed by atoms with Gasteiger partial charge in [-0.3, -0.25) is 38.5 Å². The second-order valence-electron chi connectivity index (χ2n) is 13.6. The lowest BCUT2D eigenvalue weighted by molar-refractivity contribution is -0.685. The molecule has 2 aromatic heterocycles. The molecule has 0 unspecified atom stereocenters. The van der Waals surface area contributed by atoms with Crippen molar-refractivity contribution in [2.45, 2.75) is 34.7 Å². The molecule has 4 N–H and O–H groups in total. The first-order valence-corrected chi connectivity index (χ1v) is 22.1. The van der Waals surface area contributed by atoms with Crippen LogP contribution in [0.15, 0.2) is 122 Å². The predicted molar refractivity (Wildman–Crippen MR) is 267 cm³/mol. The standard InChI is InChI=1S/C18H19N3O4.C10H10BrNO3.C8H10N2O.C8H9NO2.C2H2BrClO.CH4.HI/c1-13(22)19-15-6-8-16(9-7-15)25-17(23)12-21-10-4-5-14(11-21)18(24)20(2)3;1-7(13)12-8-2-4-9(5-3-8)15-10(14)6-11;1-10(2)8(11)7-4-3-5-9-6-7;1-6(10)9-7-2-4-8(11)5-3-7;3-1-2(4)5;;/h4-11H,12H2,1-3H3;2-5H,6H2,1H3,(H,12,13);3-6H,1-2H3;2-5,11H,1H3,(H,9,10);1H2;1H4;1H. The quantitative estimate of drug-likeness (QED) is 0.0279. The van der Waals surface area contributed by atoms with Gasteiger partial charge in [-0.2, -0.15) is 4.57 Å². The zero-order chi connectivity index (χ0) is 50.5. The third-order valence-corrected chi connectivity index (χ3v) is 8.78. The lowest BCUT2D eigenvalue weighted by Gasteiger charge is -2.09. The van der Waals surface area contributed by atoms with Crippen LogP contribution < -0.4 is 54.0 Å². The van der Waals surface area contributed by atoms with E-state index in [0.29, 0.717) is 39.7 Å². The van der Waals surface area contributed by atoms with Crippen molar-refractivity contribution in [1.29, 1.82) is 0 Å². The number of pyridine rings is 2. The summed E-state index contributed by atoms with van der Waals surface area (Å²) in [6, 6.07) is 26.2. The van der Waals surface area contributed by atoms with Gasteiger partial charge in [0.05, 0.1) is 10.9 Å². The largest absolute Gasteiger partial charge is 1.00 e. The summed E-state index contributed by atoms with van der Waals surface area (Å²) < 4.78 is 11.8. The molecule has 0 atom stereocenters. The van der Waals surface area contributed by atoms with Crippen molar-refractivity contribution in [3.05, 3.63) is 133 Å². The normalized spacial score (nSPS) is 9.19. The fourth-order valence-corrected chi connectivity index (χ4v) is 4.71. The molecule has 0 saturated heterocycles. The molecule has 0 spiro atoms. The first kappa shape index (κ1) is 64.8. The van der Waals surface area contributed by atoms with Gasteiger partial charge in [-0.1, -0.05) is 39.3 Å². The van der Waals surface area contributed by atoms with Gasteiger partial charge in [0, 0.05) is 84.5 Å². The van der Waals surface area contributed by atoms with E-state index in [1.54, 1.807) is 142 Å². The van der Waals surface area contributed by atoms with Crippen molar-refractivity contribution >= 4 is 107 Å². The van der Waals surface area contributed by atoms with E-state index in [4.69, 9.17) is 26.2 Å². The lowest BCUT2D eigenvalue weighted by atomic mass is 10.2. The van der Waals surface area contributed by atoms with Gasteiger partial charge in [0.1, 0.15) is 28.1 Å². The van der Waals surface area contributed by atoms with E-state index in [9.17, 15) is 38.4 Å². The SMILES string of the molecule is C.CC(=O)Nc1ccc(O)cc1.CC(=O)Nc1ccc(OC(=O)CBr)cc1.CC(=O)Nc1ccc(OC(=O)C[n+]2cccc(C(=O)N(C)C)c2)cc1.CN(C)C(=O)c1cccnc1.O=C(Cl)CBr.[I-]. The number of nitrogens with one attached hydrogen (secondary N) is 3. The first-order valence-electron chi connectivity index (χ1n) is 19.5. The highest BCUT2D eigenvalue weighted by atomic mass is 127. The number of amides is 5. The van der Waals surface area contributed by atoms with Crippen LogP contribution in [-0.4, -0.2) is 105 Å². The number of carbonyl (C=O) groups excluding carboxylic acids is 8. The minimum Gasteiger partial charge on any atom is -1.00 e. The molecule has 0 aliphatic carbocycles. The maximum atomic E-state index is 12.1. The number of alkyl halides is 2. The first-order chi connectivity index (χ1) is 31.6. The average Bonchev–Trinajstić information content (AvgIpc) is 3.28. The van der Waals surface area contributed by atoms with Crippen LogP contribution in [-0.2, 0) is 35.3 Å². The van der Waals surface area contributed by atoms with E-state index in [-0.39, 0.29) is 95.1 Å². The molecule has 3 aromatic carbocycles. The summed E-state index contributed by atoms with van der Waals surface area (Å²) in [7, 11) is 6.77. The molecule has 18 nitrogen and oxygen atoms in total. The fourth-order valence-electron chi connectivity index (χ4n) is 4.59. The van der Waals surface area contributed by atoms with E-state index in [2.05, 4.69) is 52.8 Å². The number of anilines is 3. The van der Waals surface area contributed by atoms with Crippen LogP contribution in [0, 0.1) is 0 Å². The number of phenolic OH excluding ortho intramolecular Hbond substituents is 1. The lowest BCUT2D eigenvalue weighted by Crippen LogP contribution is -3.00. The van der Waals surface area contributed by atoms with E-state index < -0.39 is 5.97 Å². The van der Waals surface area contributed by atoms with Crippen molar-refractivity contribution < 1.29 is 81.5 Å². The number of hydrogen-bond donors (Lipinski definition) is 4. The highest BCUT2D eigenvalue weighted by Crippen LogP contribution is 2.17. The van der Waals surface area contributed by atoms with Crippen LogP contribution in [0.5, 0.6) is 17.2 Å². The second-order valence-corrected chi connectivity index (χ2v) is 15.2. The molecule has 0 aliphatic rings. The smallest absolute Gasteiger partial charge is 0.378 e. The van der Waals surface area contributed by atoms with Gasteiger partial charge >= 0.3 is 11.9 Å². The molecule has 2 heterocycles. The van der Waals surface area contributed by atoms with Crippen LogP contribution in [0.4, 0.5) is 17.1 Å². The highest BCUT2D eigenvalue weighted by molar-refractivity contribution is 9.09. The zero-order valence-corrected chi connectivity index (χ0v) is 44.1. The minimum atomic E-state index is -0.466. The summed E-state index contributed by atoms with van der Waals surface area (Å²) in [5.41, 5.74) is 3.09. The molecule has 22 heteroatoms. The second kappa shape index (κ2) is 35.8. The Bertz CT molecular complexity index is 2400. The molecular weight excluding hydrogens is 1160 g/mol. The number of carbonyl (C=O) groups is 8. The highest BCUT2D eigenvalue weighted by Gasteiger charge is 2.16. The molecule has 5 rings (SSSR count). The molecule has 0 aliphatic heterocycles. The summed E-state index contributed by atoms with van der Waals surface area (Å²) >= 11 is 10.6. The summed E-state index contributed by atoms with van der Waals surface area (Å²) in [5.74, 6) is -0.388. The molecule has 372 valence electrons. The number of halogens is 4. The molecule has 0 bridgehead atoms. The number of ether oxygens (including phenoxy) is 2. The van der Waals surface area contributed by atoms with Crippen LogP contribution in [0.1, 0.15) is 48.9 Å². The minimum absolute atomic E-state index is 0. The van der Waals surface area contributed by atoms with Crippen molar-refractivity contribution in [1.82, 2.24) is 14.8 Å². The number of hydrogen-bond acceptors (Lipinski definition) is 12. The maximum absolute atomic E-state index is 12.1. The summed E-state index contributed by atoms with van der Waals surface area (Å²) in [4.78, 5) is 94.7. The van der Waals surface area contributed by atoms with Gasteiger partial charge in [-0.05, 0) is 103 Å². The van der Waals surface area contributed by atoms with Gasteiger partial charge in [0.25, 0.3) is 11.8 Å². The van der Waals surface area contributed by atoms with Crippen LogP contribution in [0.3, 0.4) is 0 Å². The Morgan fingerprint density at radius 1 is 0.623 bits per heavy atom. The number of rotatable bonds is 11. The average molecular weight is 1220 g/mol. The van der Waals surface area contributed by atoms with Gasteiger partial charge in [-0.15, -0.1) is 0 Å². The van der Waals surface area contributed by atoms with Crippen LogP contribution in [0.2, 0.25) is 0 Å². The molecule has 5 aromatic rings.